The van der Waals surface area contributed by atoms with Gasteiger partial charge in [-0.15, -0.1) is 0 Å². The van der Waals surface area contributed by atoms with Crippen LogP contribution >= 0.6 is 11.6 Å². The van der Waals surface area contributed by atoms with Crippen LogP contribution in [0.3, 0.4) is 0 Å². The van der Waals surface area contributed by atoms with Crippen molar-refractivity contribution < 1.29 is 4.79 Å². The summed E-state index contributed by atoms with van der Waals surface area (Å²) in [6, 6.07) is 6.00. The molecule has 1 aliphatic rings. The largest absolute Gasteiger partial charge is 0.365 e. The highest BCUT2D eigenvalue weighted by Gasteiger charge is 2.23. The van der Waals surface area contributed by atoms with Gasteiger partial charge in [0.2, 0.25) is 5.91 Å². The van der Waals surface area contributed by atoms with E-state index < -0.39 is 0 Å². The molecule has 0 aliphatic heterocycles. The van der Waals surface area contributed by atoms with Gasteiger partial charge < -0.3 is 16.0 Å². The van der Waals surface area contributed by atoms with Crippen LogP contribution in [0.1, 0.15) is 18.4 Å². The summed E-state index contributed by atoms with van der Waals surface area (Å²) in [7, 11) is 1.87. The van der Waals surface area contributed by atoms with E-state index in [1.165, 1.54) is 0 Å². The van der Waals surface area contributed by atoms with Crippen molar-refractivity contribution in [3.63, 3.8) is 0 Å². The lowest BCUT2D eigenvalue weighted by molar-refractivity contribution is -0.119. The van der Waals surface area contributed by atoms with Crippen LogP contribution in [0.5, 0.6) is 0 Å². The van der Waals surface area contributed by atoms with Gasteiger partial charge in [-0.3, -0.25) is 4.79 Å². The zero-order valence-electron chi connectivity index (χ0n) is 10.4. The van der Waals surface area contributed by atoms with Gasteiger partial charge in [0.05, 0.1) is 6.54 Å². The molecule has 0 atom stereocenters. The molecule has 0 radical (unpaired) electrons. The minimum Gasteiger partial charge on any atom is -0.365 e. The first-order chi connectivity index (χ1) is 8.61. The number of hydrogen-bond donors (Lipinski definition) is 2. The highest BCUT2D eigenvalue weighted by Crippen LogP contribution is 2.26. The number of anilines is 1. The van der Waals surface area contributed by atoms with Crippen molar-refractivity contribution in [3.8, 4) is 0 Å². The third-order valence-electron chi connectivity index (χ3n) is 3.03. The third kappa shape index (κ3) is 3.15. The van der Waals surface area contributed by atoms with Crippen LogP contribution in [0.4, 0.5) is 5.69 Å². The van der Waals surface area contributed by atoms with E-state index in [0.717, 1.165) is 24.1 Å². The lowest BCUT2D eigenvalue weighted by atomic mass is 10.1. The number of rotatable bonds is 5. The average Bonchev–Trinajstić information content (AvgIpc) is 3.12. The summed E-state index contributed by atoms with van der Waals surface area (Å²) >= 11 is 6.10. The van der Waals surface area contributed by atoms with Crippen LogP contribution in [0.2, 0.25) is 5.02 Å². The molecule has 4 nitrogen and oxygen atoms in total. The molecule has 18 heavy (non-hydrogen) atoms. The zero-order chi connectivity index (χ0) is 13.1. The van der Waals surface area contributed by atoms with Gasteiger partial charge in [-0.2, -0.15) is 0 Å². The van der Waals surface area contributed by atoms with Crippen molar-refractivity contribution in [2.24, 2.45) is 5.73 Å². The van der Waals surface area contributed by atoms with Crippen LogP contribution in [-0.2, 0) is 11.3 Å². The summed E-state index contributed by atoms with van der Waals surface area (Å²) in [5.74, 6) is 0.0444. The van der Waals surface area contributed by atoms with E-state index in [4.69, 9.17) is 17.3 Å². The van der Waals surface area contributed by atoms with Crippen LogP contribution in [0.15, 0.2) is 18.2 Å². The fraction of sp³-hybridized carbons (Fsp3) is 0.462. The standard InChI is InChI=1S/C13H18ClN3O/c1-17(8-13(18)16-9-5-6-9)12-4-2-3-11(14)10(12)7-15/h2-4,9H,5-8,15H2,1H3,(H,16,18). The maximum atomic E-state index is 11.7. The molecule has 0 spiro atoms. The highest BCUT2D eigenvalue weighted by molar-refractivity contribution is 6.31. The number of carbonyl (C=O) groups excluding carboxylic acids is 1. The molecule has 1 saturated carbocycles. The Kier molecular flexibility index (Phi) is 4.09. The average molecular weight is 268 g/mol. The van der Waals surface area contributed by atoms with Gasteiger partial charge in [0.1, 0.15) is 0 Å². The number of carbonyl (C=O) groups is 1. The predicted octanol–water partition coefficient (Wildman–Crippen LogP) is 1.51. The fourth-order valence-electron chi connectivity index (χ4n) is 1.91. The zero-order valence-corrected chi connectivity index (χ0v) is 11.2. The van der Waals surface area contributed by atoms with Crippen molar-refractivity contribution in [3.05, 3.63) is 28.8 Å². The van der Waals surface area contributed by atoms with Gasteiger partial charge in [-0.25, -0.2) is 0 Å². The van der Waals surface area contributed by atoms with Gasteiger partial charge in [0.15, 0.2) is 0 Å². The molecule has 2 rings (SSSR count). The monoisotopic (exact) mass is 267 g/mol. The summed E-state index contributed by atoms with van der Waals surface area (Å²) in [5, 5.41) is 3.60. The minimum absolute atomic E-state index is 0.0444. The number of amides is 1. The van der Waals surface area contributed by atoms with Crippen molar-refractivity contribution in [1.82, 2.24) is 5.32 Å². The normalized spacial score (nSPS) is 14.4. The SMILES string of the molecule is CN(CC(=O)NC1CC1)c1cccc(Cl)c1CN. The fourth-order valence-corrected chi connectivity index (χ4v) is 2.16. The number of nitrogens with one attached hydrogen (secondary N) is 1. The van der Waals surface area contributed by atoms with Gasteiger partial charge in [-0.1, -0.05) is 17.7 Å². The maximum absolute atomic E-state index is 11.7. The summed E-state index contributed by atoms with van der Waals surface area (Å²) in [6.45, 7) is 0.688. The lowest BCUT2D eigenvalue weighted by Crippen LogP contribution is -2.36. The van der Waals surface area contributed by atoms with E-state index in [1.54, 1.807) is 0 Å². The van der Waals surface area contributed by atoms with Gasteiger partial charge in [0, 0.05) is 35.9 Å². The van der Waals surface area contributed by atoms with E-state index >= 15 is 0 Å². The second-order valence-electron chi connectivity index (χ2n) is 4.64. The number of nitrogens with zero attached hydrogens (tertiary/aromatic N) is 1. The second kappa shape index (κ2) is 5.59. The Morgan fingerprint density at radius 2 is 2.28 bits per heavy atom. The number of halogens is 1. The smallest absolute Gasteiger partial charge is 0.239 e. The number of likely N-dealkylation sites (N-methyl/N-ethyl adjacent to an activating group) is 1. The van der Waals surface area contributed by atoms with E-state index in [-0.39, 0.29) is 5.91 Å². The Hall–Kier alpha value is -1.26. The van der Waals surface area contributed by atoms with Gasteiger partial charge in [-0.05, 0) is 25.0 Å². The molecule has 0 heterocycles. The van der Waals surface area contributed by atoms with E-state index in [0.29, 0.717) is 24.2 Å². The van der Waals surface area contributed by atoms with Crippen LogP contribution in [-0.4, -0.2) is 25.5 Å². The summed E-state index contributed by atoms with van der Waals surface area (Å²) in [6.07, 6.45) is 2.20. The molecule has 0 aromatic heterocycles. The van der Waals surface area contributed by atoms with Gasteiger partial charge >= 0.3 is 0 Å². The Morgan fingerprint density at radius 3 is 2.89 bits per heavy atom. The molecule has 1 amide bonds. The third-order valence-corrected chi connectivity index (χ3v) is 3.39. The highest BCUT2D eigenvalue weighted by atomic mass is 35.5. The molecule has 1 aliphatic carbocycles. The van der Waals surface area contributed by atoms with E-state index in [9.17, 15) is 4.79 Å². The van der Waals surface area contributed by atoms with Crippen LogP contribution in [0.25, 0.3) is 0 Å². The predicted molar refractivity (Wildman–Crippen MR) is 73.8 cm³/mol. The summed E-state index contributed by atoms with van der Waals surface area (Å²) in [4.78, 5) is 13.6. The Morgan fingerprint density at radius 1 is 1.56 bits per heavy atom. The number of nitrogens with two attached hydrogens (primary N) is 1. The molecule has 0 bridgehead atoms. The number of benzene rings is 1. The topological polar surface area (TPSA) is 58.4 Å². The molecular weight excluding hydrogens is 250 g/mol. The Balaban J connectivity index is 2.05. The Bertz CT molecular complexity index is 446. The van der Waals surface area contributed by atoms with Crippen LogP contribution in [0, 0.1) is 0 Å². The van der Waals surface area contributed by atoms with Crippen LogP contribution < -0.4 is 16.0 Å². The quantitative estimate of drug-likeness (QED) is 0.850. The van der Waals surface area contributed by atoms with Crippen molar-refractivity contribution in [2.45, 2.75) is 25.4 Å². The first-order valence-electron chi connectivity index (χ1n) is 6.09. The molecule has 98 valence electrons. The molecule has 1 aromatic carbocycles. The van der Waals surface area contributed by atoms with Crippen molar-refractivity contribution in [2.75, 3.05) is 18.5 Å². The summed E-state index contributed by atoms with van der Waals surface area (Å²) in [5.41, 5.74) is 7.49. The first-order valence-corrected chi connectivity index (χ1v) is 6.47. The molecule has 1 aromatic rings. The first kappa shape index (κ1) is 13.2. The Labute approximate surface area is 112 Å². The lowest BCUT2D eigenvalue weighted by Gasteiger charge is -2.22. The number of hydrogen-bond acceptors (Lipinski definition) is 3. The molecular formula is C13H18ClN3O. The van der Waals surface area contributed by atoms with Crippen molar-refractivity contribution >= 4 is 23.2 Å². The maximum Gasteiger partial charge on any atom is 0.239 e. The molecule has 0 saturated heterocycles. The van der Waals surface area contributed by atoms with E-state index in [1.807, 2.05) is 30.1 Å². The molecule has 5 heteroatoms. The van der Waals surface area contributed by atoms with Crippen molar-refractivity contribution in [1.29, 1.82) is 0 Å². The minimum atomic E-state index is 0.0444. The van der Waals surface area contributed by atoms with Gasteiger partial charge in [0.25, 0.3) is 0 Å². The van der Waals surface area contributed by atoms with E-state index in [2.05, 4.69) is 5.32 Å². The second-order valence-corrected chi connectivity index (χ2v) is 5.05. The molecule has 3 N–H and O–H groups in total. The molecule has 1 fully saturated rings. The molecule has 0 unspecified atom stereocenters. The summed E-state index contributed by atoms with van der Waals surface area (Å²) < 4.78 is 0.